The van der Waals surface area contributed by atoms with E-state index in [-0.39, 0.29) is 5.92 Å². The number of aldehydes is 2. The monoisotopic (exact) mass is 382 g/mol. The van der Waals surface area contributed by atoms with E-state index in [2.05, 4.69) is 45.0 Å². The molecular formula is C24H30O4. The molecule has 1 heterocycles. The molecule has 2 aromatic carbocycles. The van der Waals surface area contributed by atoms with Gasteiger partial charge in [0.05, 0.1) is 0 Å². The van der Waals surface area contributed by atoms with E-state index in [1.54, 1.807) is 0 Å². The minimum absolute atomic E-state index is 0.0513. The van der Waals surface area contributed by atoms with Crippen molar-refractivity contribution in [3.63, 3.8) is 0 Å². The molecule has 0 N–H and O–H groups in total. The second-order valence-electron chi connectivity index (χ2n) is 7.63. The van der Waals surface area contributed by atoms with Crippen molar-refractivity contribution in [1.82, 2.24) is 0 Å². The van der Waals surface area contributed by atoms with Crippen LogP contribution in [0.5, 0.6) is 11.5 Å². The third-order valence-corrected chi connectivity index (χ3v) is 4.82. The Labute approximate surface area is 167 Å². The lowest BCUT2D eigenvalue weighted by molar-refractivity contribution is -0.110. The topological polar surface area (TPSA) is 52.6 Å². The van der Waals surface area contributed by atoms with E-state index in [0.29, 0.717) is 25.0 Å². The predicted molar refractivity (Wildman–Crippen MR) is 111 cm³/mol. The maximum Gasteiger partial charge on any atom is 0.231 e. The molecule has 2 atom stereocenters. The Hall–Kier alpha value is -2.62. The van der Waals surface area contributed by atoms with Crippen LogP contribution >= 0.6 is 0 Å². The first kappa shape index (κ1) is 21.7. The summed E-state index contributed by atoms with van der Waals surface area (Å²) in [5, 5.41) is 0. The Morgan fingerprint density at radius 3 is 2.32 bits per heavy atom. The highest BCUT2D eigenvalue weighted by atomic mass is 16.7. The fraction of sp³-hybridized carbons (Fsp3) is 0.417. The molecule has 0 fully saturated rings. The normalized spacial score (nSPS) is 14.0. The summed E-state index contributed by atoms with van der Waals surface area (Å²) in [6.45, 7) is 8.65. The SMILES string of the molecule is CC(C)c1cccc(C(C)CC=O)c1.CC(C=O)Cc1ccc2c(c1)OCO2. The summed E-state index contributed by atoms with van der Waals surface area (Å²) in [4.78, 5) is 20.9. The Morgan fingerprint density at radius 2 is 1.64 bits per heavy atom. The van der Waals surface area contributed by atoms with E-state index < -0.39 is 0 Å². The average molecular weight is 383 g/mol. The van der Waals surface area contributed by atoms with Crippen LogP contribution in [0.4, 0.5) is 0 Å². The molecule has 0 saturated carbocycles. The summed E-state index contributed by atoms with van der Waals surface area (Å²) in [5.74, 6) is 2.51. The van der Waals surface area contributed by atoms with Gasteiger partial charge in [0.25, 0.3) is 0 Å². The van der Waals surface area contributed by atoms with Crippen LogP contribution in [0.1, 0.15) is 62.6 Å². The third kappa shape index (κ3) is 6.22. The van der Waals surface area contributed by atoms with Crippen LogP contribution in [0, 0.1) is 5.92 Å². The second kappa shape index (κ2) is 10.6. The first-order valence-corrected chi connectivity index (χ1v) is 9.81. The van der Waals surface area contributed by atoms with E-state index in [4.69, 9.17) is 9.47 Å². The summed E-state index contributed by atoms with van der Waals surface area (Å²) in [6, 6.07) is 14.3. The number of carbonyl (C=O) groups excluding carboxylic acids is 2. The number of ether oxygens (including phenoxy) is 2. The number of benzene rings is 2. The Bertz CT molecular complexity index is 782. The van der Waals surface area contributed by atoms with Crippen molar-refractivity contribution < 1.29 is 19.1 Å². The molecule has 2 aromatic rings. The summed E-state index contributed by atoms with van der Waals surface area (Å²) in [6.07, 6.45) is 3.32. The maximum absolute atomic E-state index is 10.5. The molecule has 0 bridgehead atoms. The molecule has 2 unspecified atom stereocenters. The fourth-order valence-electron chi connectivity index (χ4n) is 2.99. The largest absolute Gasteiger partial charge is 0.454 e. The third-order valence-electron chi connectivity index (χ3n) is 4.82. The van der Waals surface area contributed by atoms with Crippen LogP contribution in [-0.2, 0) is 16.0 Å². The van der Waals surface area contributed by atoms with Crippen LogP contribution in [0.3, 0.4) is 0 Å². The van der Waals surface area contributed by atoms with Crippen LogP contribution in [-0.4, -0.2) is 19.4 Å². The molecule has 0 amide bonds. The van der Waals surface area contributed by atoms with Gasteiger partial charge in [0.15, 0.2) is 11.5 Å². The summed E-state index contributed by atoms with van der Waals surface area (Å²) in [5.41, 5.74) is 3.72. The van der Waals surface area contributed by atoms with Gasteiger partial charge < -0.3 is 19.1 Å². The Kier molecular flexibility index (Phi) is 8.24. The molecule has 0 spiro atoms. The van der Waals surface area contributed by atoms with Gasteiger partial charge in [-0.15, -0.1) is 0 Å². The van der Waals surface area contributed by atoms with E-state index in [1.165, 1.54) is 11.1 Å². The molecule has 0 aromatic heterocycles. The van der Waals surface area contributed by atoms with Gasteiger partial charge in [0.2, 0.25) is 6.79 Å². The highest BCUT2D eigenvalue weighted by molar-refractivity contribution is 5.54. The molecule has 0 aliphatic carbocycles. The molecule has 0 radical (unpaired) electrons. The molecule has 0 saturated heterocycles. The van der Waals surface area contributed by atoms with Gasteiger partial charge in [-0.2, -0.15) is 0 Å². The molecule has 1 aliphatic rings. The molecule has 1 aliphatic heterocycles. The lowest BCUT2D eigenvalue weighted by Gasteiger charge is -2.11. The first-order valence-electron chi connectivity index (χ1n) is 9.81. The Morgan fingerprint density at radius 1 is 0.929 bits per heavy atom. The summed E-state index contributed by atoms with van der Waals surface area (Å²) >= 11 is 0. The standard InChI is InChI=1S/C13H18O.C11H12O3/c1-10(2)12-5-4-6-13(9-12)11(3)7-8-14;1-8(6-12)4-9-2-3-10-11(5-9)14-7-13-10/h4-6,8-11H,7H2,1-3H3;2-3,5-6,8H,4,7H2,1H3. The smallest absolute Gasteiger partial charge is 0.231 e. The zero-order valence-electron chi connectivity index (χ0n) is 17.2. The van der Waals surface area contributed by atoms with Crippen LogP contribution < -0.4 is 9.47 Å². The van der Waals surface area contributed by atoms with Gasteiger partial charge in [0.1, 0.15) is 12.6 Å². The lowest BCUT2D eigenvalue weighted by Crippen LogP contribution is -2.00. The summed E-state index contributed by atoms with van der Waals surface area (Å²) in [7, 11) is 0. The van der Waals surface area contributed by atoms with Gasteiger partial charge in [-0.25, -0.2) is 0 Å². The van der Waals surface area contributed by atoms with Crippen molar-refractivity contribution in [2.75, 3.05) is 6.79 Å². The molecule has 4 nitrogen and oxygen atoms in total. The molecular weight excluding hydrogens is 352 g/mol. The first-order chi connectivity index (χ1) is 13.4. The number of carbonyl (C=O) groups is 2. The van der Waals surface area contributed by atoms with Gasteiger partial charge >= 0.3 is 0 Å². The van der Waals surface area contributed by atoms with Crippen LogP contribution in [0.2, 0.25) is 0 Å². The summed E-state index contributed by atoms with van der Waals surface area (Å²) < 4.78 is 10.4. The number of rotatable bonds is 7. The van der Waals surface area contributed by atoms with Crippen molar-refractivity contribution in [3.05, 3.63) is 59.2 Å². The number of hydrogen-bond donors (Lipinski definition) is 0. The maximum atomic E-state index is 10.5. The molecule has 150 valence electrons. The highest BCUT2D eigenvalue weighted by Gasteiger charge is 2.13. The lowest BCUT2D eigenvalue weighted by atomic mass is 9.93. The van der Waals surface area contributed by atoms with Crippen LogP contribution in [0.15, 0.2) is 42.5 Å². The fourth-order valence-corrected chi connectivity index (χ4v) is 2.99. The number of fused-ring (bicyclic) bond motifs is 1. The molecule has 4 heteroatoms. The van der Waals surface area contributed by atoms with E-state index >= 15 is 0 Å². The quantitative estimate of drug-likeness (QED) is 0.610. The van der Waals surface area contributed by atoms with E-state index in [1.807, 2.05) is 25.1 Å². The van der Waals surface area contributed by atoms with Crippen molar-refractivity contribution in [3.8, 4) is 11.5 Å². The van der Waals surface area contributed by atoms with Crippen molar-refractivity contribution in [2.45, 2.75) is 52.4 Å². The minimum atomic E-state index is 0.0513. The van der Waals surface area contributed by atoms with Gasteiger partial charge in [-0.1, -0.05) is 58.0 Å². The van der Waals surface area contributed by atoms with Crippen molar-refractivity contribution in [2.24, 2.45) is 5.92 Å². The zero-order valence-corrected chi connectivity index (χ0v) is 17.2. The average Bonchev–Trinajstić information content (AvgIpc) is 3.16. The van der Waals surface area contributed by atoms with Gasteiger partial charge in [0, 0.05) is 12.3 Å². The number of hydrogen-bond acceptors (Lipinski definition) is 4. The van der Waals surface area contributed by atoms with Crippen molar-refractivity contribution >= 4 is 12.6 Å². The molecule has 3 rings (SSSR count). The van der Waals surface area contributed by atoms with Crippen molar-refractivity contribution in [1.29, 1.82) is 0 Å². The second-order valence-corrected chi connectivity index (χ2v) is 7.63. The van der Waals surface area contributed by atoms with Crippen LogP contribution in [0.25, 0.3) is 0 Å². The van der Waals surface area contributed by atoms with Gasteiger partial charge in [-0.3, -0.25) is 0 Å². The predicted octanol–water partition coefficient (Wildman–Crippen LogP) is 5.30. The zero-order chi connectivity index (χ0) is 20.5. The van der Waals surface area contributed by atoms with Gasteiger partial charge in [-0.05, 0) is 47.1 Å². The highest BCUT2D eigenvalue weighted by Crippen LogP contribution is 2.33. The minimum Gasteiger partial charge on any atom is -0.454 e. The Balaban J connectivity index is 0.000000200. The van der Waals surface area contributed by atoms with E-state index in [0.717, 1.165) is 36.1 Å². The van der Waals surface area contributed by atoms with E-state index in [9.17, 15) is 9.59 Å². The molecule has 28 heavy (non-hydrogen) atoms.